The van der Waals surface area contributed by atoms with E-state index in [2.05, 4.69) is 11.9 Å². The topological polar surface area (TPSA) is 92.4 Å². The predicted octanol–water partition coefficient (Wildman–Crippen LogP) is 0.962. The van der Waals surface area contributed by atoms with Crippen molar-refractivity contribution in [1.29, 1.82) is 0 Å². The highest BCUT2D eigenvalue weighted by molar-refractivity contribution is 7.98. The van der Waals surface area contributed by atoms with E-state index < -0.39 is 17.9 Å². The van der Waals surface area contributed by atoms with Crippen LogP contribution in [0.3, 0.4) is 0 Å². The number of carboxylic acids is 1. The Labute approximate surface area is 115 Å². The average Bonchev–Trinajstić information content (AvgIpc) is 2.39. The first-order chi connectivity index (χ1) is 9.00. The van der Waals surface area contributed by atoms with E-state index in [1.54, 1.807) is 0 Å². The number of nitrogens with one attached hydrogen (secondary N) is 1. The largest absolute Gasteiger partial charge is 0.477 e. The van der Waals surface area contributed by atoms with Crippen molar-refractivity contribution in [3.8, 4) is 0 Å². The first kappa shape index (κ1) is 15.3. The van der Waals surface area contributed by atoms with Crippen molar-refractivity contribution in [1.82, 2.24) is 5.32 Å². The second-order valence-electron chi connectivity index (χ2n) is 3.88. The van der Waals surface area contributed by atoms with Gasteiger partial charge in [0.1, 0.15) is 5.70 Å². The third-order valence-electron chi connectivity index (χ3n) is 2.28. The fourth-order valence-electron chi connectivity index (χ4n) is 1.25. The monoisotopic (exact) mass is 280 g/mol. The van der Waals surface area contributed by atoms with Crippen LogP contribution in [0.4, 0.5) is 0 Å². The molecule has 0 unspecified atom stereocenters. The third-order valence-corrected chi connectivity index (χ3v) is 3.41. The molecule has 0 saturated heterocycles. The molecule has 0 aliphatic carbocycles. The van der Waals surface area contributed by atoms with E-state index in [1.807, 2.05) is 30.3 Å². The van der Waals surface area contributed by atoms with Crippen molar-refractivity contribution in [3.05, 3.63) is 48.2 Å². The fraction of sp³-hybridized carbons (Fsp3) is 0.231. The summed E-state index contributed by atoms with van der Waals surface area (Å²) in [5.41, 5.74) is 6.44. The Balaban J connectivity index is 2.31. The normalized spacial score (nSPS) is 11.6. The molecule has 0 fully saturated rings. The number of rotatable bonds is 7. The zero-order valence-corrected chi connectivity index (χ0v) is 11.2. The minimum atomic E-state index is -1.27. The van der Waals surface area contributed by atoms with E-state index in [0.29, 0.717) is 5.75 Å². The molecule has 6 heteroatoms. The average molecular weight is 280 g/mol. The lowest BCUT2D eigenvalue weighted by Crippen LogP contribution is -2.42. The molecule has 1 aromatic carbocycles. The lowest BCUT2D eigenvalue weighted by molar-refractivity contribution is -0.134. The number of carboxylic acid groups (broad SMARTS) is 1. The van der Waals surface area contributed by atoms with Gasteiger partial charge in [0.2, 0.25) is 5.91 Å². The Hall–Kier alpha value is -1.79. The molecular weight excluding hydrogens is 264 g/mol. The summed E-state index contributed by atoms with van der Waals surface area (Å²) in [6.45, 7) is 3.21. The molecule has 1 aromatic rings. The van der Waals surface area contributed by atoms with Gasteiger partial charge in [-0.3, -0.25) is 4.79 Å². The van der Waals surface area contributed by atoms with Crippen LogP contribution in [0.15, 0.2) is 42.6 Å². The maximum absolute atomic E-state index is 11.5. The standard InChI is InChI=1S/C13H16N2O3S/c1-9(13(17)18)15-12(16)11(14)8-19-7-10-5-3-2-4-6-10/h2-6,11H,1,7-8,14H2,(H,15,16)(H,17,18)/t11-/m0/s1. The van der Waals surface area contributed by atoms with Crippen molar-refractivity contribution in [3.63, 3.8) is 0 Å². The van der Waals surface area contributed by atoms with Crippen LogP contribution in [0.25, 0.3) is 0 Å². The highest BCUT2D eigenvalue weighted by Gasteiger charge is 2.16. The molecule has 1 rings (SSSR count). The SMILES string of the molecule is C=C(NC(=O)[C@@H](N)CSCc1ccccc1)C(=O)O. The maximum atomic E-state index is 11.5. The van der Waals surface area contributed by atoms with Crippen LogP contribution in [0.5, 0.6) is 0 Å². The molecule has 0 aliphatic heterocycles. The van der Waals surface area contributed by atoms with Gasteiger partial charge in [-0.25, -0.2) is 4.79 Å². The van der Waals surface area contributed by atoms with Gasteiger partial charge in [-0.2, -0.15) is 11.8 Å². The van der Waals surface area contributed by atoms with Crippen molar-refractivity contribution >= 4 is 23.6 Å². The molecular formula is C13H16N2O3S. The quantitative estimate of drug-likeness (QED) is 0.647. The Morgan fingerprint density at radius 1 is 1.37 bits per heavy atom. The third kappa shape index (κ3) is 5.58. The van der Waals surface area contributed by atoms with Crippen molar-refractivity contribution in [2.45, 2.75) is 11.8 Å². The highest BCUT2D eigenvalue weighted by atomic mass is 32.2. The molecule has 0 radical (unpaired) electrons. The van der Waals surface area contributed by atoms with E-state index in [0.717, 1.165) is 11.3 Å². The molecule has 4 N–H and O–H groups in total. The lowest BCUT2D eigenvalue weighted by Gasteiger charge is -2.11. The van der Waals surface area contributed by atoms with E-state index >= 15 is 0 Å². The fourth-order valence-corrected chi connectivity index (χ4v) is 2.20. The number of carbonyl (C=O) groups excluding carboxylic acids is 1. The number of hydrogen-bond acceptors (Lipinski definition) is 4. The number of aliphatic carboxylic acids is 1. The number of hydrogen-bond donors (Lipinski definition) is 3. The molecule has 1 amide bonds. The molecule has 0 aromatic heterocycles. The summed E-state index contributed by atoms with van der Waals surface area (Å²) in [6.07, 6.45) is 0. The second-order valence-corrected chi connectivity index (χ2v) is 4.91. The van der Waals surface area contributed by atoms with Gasteiger partial charge >= 0.3 is 5.97 Å². The Morgan fingerprint density at radius 3 is 2.58 bits per heavy atom. The van der Waals surface area contributed by atoms with Crippen molar-refractivity contribution in [2.24, 2.45) is 5.73 Å². The van der Waals surface area contributed by atoms with Gasteiger partial charge in [-0.15, -0.1) is 0 Å². The van der Waals surface area contributed by atoms with Crippen LogP contribution >= 0.6 is 11.8 Å². The van der Waals surface area contributed by atoms with E-state index in [1.165, 1.54) is 11.8 Å². The summed E-state index contributed by atoms with van der Waals surface area (Å²) >= 11 is 1.52. The molecule has 0 spiro atoms. The molecule has 0 saturated carbocycles. The second kappa shape index (κ2) is 7.60. The molecule has 19 heavy (non-hydrogen) atoms. The Morgan fingerprint density at radius 2 is 2.00 bits per heavy atom. The van der Waals surface area contributed by atoms with Gasteiger partial charge in [0, 0.05) is 11.5 Å². The first-order valence-electron chi connectivity index (χ1n) is 5.61. The van der Waals surface area contributed by atoms with Crippen LogP contribution in [0, 0.1) is 0 Å². The van der Waals surface area contributed by atoms with Crippen molar-refractivity contribution < 1.29 is 14.7 Å². The Kier molecular flexibility index (Phi) is 6.11. The Bertz CT molecular complexity index is 462. The minimum Gasteiger partial charge on any atom is -0.477 e. The predicted molar refractivity (Wildman–Crippen MR) is 75.5 cm³/mol. The van der Waals surface area contributed by atoms with Crippen LogP contribution in [-0.2, 0) is 15.3 Å². The maximum Gasteiger partial charge on any atom is 0.351 e. The van der Waals surface area contributed by atoms with Gasteiger partial charge in [0.05, 0.1) is 6.04 Å². The van der Waals surface area contributed by atoms with Gasteiger partial charge in [-0.05, 0) is 5.56 Å². The summed E-state index contributed by atoms with van der Waals surface area (Å²) in [6, 6.07) is 9.05. The van der Waals surface area contributed by atoms with E-state index in [9.17, 15) is 9.59 Å². The molecule has 0 aliphatic rings. The number of amides is 1. The molecule has 0 bridgehead atoms. The van der Waals surface area contributed by atoms with E-state index in [4.69, 9.17) is 10.8 Å². The summed E-state index contributed by atoms with van der Waals surface area (Å²) in [7, 11) is 0. The number of thioether (sulfide) groups is 1. The zero-order chi connectivity index (χ0) is 14.3. The summed E-state index contributed by atoms with van der Waals surface area (Å²) < 4.78 is 0. The van der Waals surface area contributed by atoms with Crippen molar-refractivity contribution in [2.75, 3.05) is 5.75 Å². The van der Waals surface area contributed by atoms with Gasteiger partial charge in [0.25, 0.3) is 0 Å². The van der Waals surface area contributed by atoms with E-state index in [-0.39, 0.29) is 5.70 Å². The van der Waals surface area contributed by atoms with Crippen LogP contribution in [-0.4, -0.2) is 28.8 Å². The highest BCUT2D eigenvalue weighted by Crippen LogP contribution is 2.12. The number of benzene rings is 1. The first-order valence-corrected chi connectivity index (χ1v) is 6.76. The summed E-state index contributed by atoms with van der Waals surface area (Å²) in [5, 5.41) is 10.7. The van der Waals surface area contributed by atoms with Crippen LogP contribution in [0.1, 0.15) is 5.56 Å². The van der Waals surface area contributed by atoms with Crippen LogP contribution in [0.2, 0.25) is 0 Å². The molecule has 5 nitrogen and oxygen atoms in total. The van der Waals surface area contributed by atoms with Gasteiger partial charge in [-0.1, -0.05) is 36.9 Å². The molecule has 102 valence electrons. The minimum absolute atomic E-state index is 0.367. The van der Waals surface area contributed by atoms with Gasteiger partial charge in [0.15, 0.2) is 0 Å². The lowest BCUT2D eigenvalue weighted by atomic mass is 10.2. The zero-order valence-electron chi connectivity index (χ0n) is 10.3. The number of nitrogens with two attached hydrogens (primary N) is 1. The number of carbonyl (C=O) groups is 2. The molecule has 1 atom stereocenters. The van der Waals surface area contributed by atoms with Gasteiger partial charge < -0.3 is 16.2 Å². The molecule has 0 heterocycles. The summed E-state index contributed by atoms with van der Waals surface area (Å²) in [5.74, 6) is -0.638. The smallest absolute Gasteiger partial charge is 0.351 e. The van der Waals surface area contributed by atoms with Crippen LogP contribution < -0.4 is 11.1 Å². The summed E-state index contributed by atoms with van der Waals surface area (Å²) in [4.78, 5) is 22.0.